The maximum absolute atomic E-state index is 12.9. The smallest absolute Gasteiger partial charge is 0.267 e. The summed E-state index contributed by atoms with van der Waals surface area (Å²) in [5, 5.41) is 12.9. The molecule has 0 aliphatic rings. The van der Waals surface area contributed by atoms with Crippen LogP contribution in [0.4, 0.5) is 5.69 Å². The van der Waals surface area contributed by atoms with Crippen LogP contribution < -0.4 is 10.1 Å². The van der Waals surface area contributed by atoms with Gasteiger partial charge in [0.15, 0.2) is 0 Å². The summed E-state index contributed by atoms with van der Waals surface area (Å²) in [6.45, 7) is 3.68. The standard InChI is InChI=1S/C22H15ClN4O2S2/c1-12-10-15(29-21-14(11-24)4-3-9-25-21)5-6-16(12)27-20(28)19-13(2)26-22(31-19)17-7-8-18(23)30-17/h3-10H,1-2H3,(H,27,28). The number of halogens is 1. The highest BCUT2D eigenvalue weighted by Crippen LogP contribution is 2.35. The van der Waals surface area contributed by atoms with Crippen LogP contribution in [0.2, 0.25) is 4.34 Å². The monoisotopic (exact) mass is 466 g/mol. The van der Waals surface area contributed by atoms with Gasteiger partial charge >= 0.3 is 0 Å². The van der Waals surface area contributed by atoms with Gasteiger partial charge in [-0.05, 0) is 61.9 Å². The van der Waals surface area contributed by atoms with E-state index < -0.39 is 0 Å². The van der Waals surface area contributed by atoms with E-state index in [0.717, 1.165) is 15.4 Å². The second kappa shape index (κ2) is 8.86. The van der Waals surface area contributed by atoms with Crippen LogP contribution in [0.3, 0.4) is 0 Å². The summed E-state index contributed by atoms with van der Waals surface area (Å²) in [4.78, 5) is 22.9. The van der Waals surface area contributed by atoms with Gasteiger partial charge in [0.05, 0.1) is 14.9 Å². The Morgan fingerprint density at radius 3 is 2.74 bits per heavy atom. The topological polar surface area (TPSA) is 87.9 Å². The van der Waals surface area contributed by atoms with Crippen molar-refractivity contribution >= 4 is 45.9 Å². The minimum Gasteiger partial charge on any atom is -0.438 e. The number of nitriles is 1. The van der Waals surface area contributed by atoms with Gasteiger partial charge in [-0.25, -0.2) is 9.97 Å². The summed E-state index contributed by atoms with van der Waals surface area (Å²) in [6.07, 6.45) is 1.56. The molecule has 4 rings (SSSR count). The van der Waals surface area contributed by atoms with E-state index in [4.69, 9.17) is 16.3 Å². The van der Waals surface area contributed by atoms with Crippen molar-refractivity contribution in [2.24, 2.45) is 0 Å². The van der Waals surface area contributed by atoms with Gasteiger partial charge in [-0.15, -0.1) is 22.7 Å². The van der Waals surface area contributed by atoms with E-state index >= 15 is 0 Å². The molecule has 3 heterocycles. The van der Waals surface area contributed by atoms with Gasteiger partial charge in [0.25, 0.3) is 5.91 Å². The molecule has 0 radical (unpaired) electrons. The van der Waals surface area contributed by atoms with Crippen LogP contribution in [-0.4, -0.2) is 15.9 Å². The number of aromatic nitrogens is 2. The first-order valence-corrected chi connectivity index (χ1v) is 11.1. The van der Waals surface area contributed by atoms with E-state index in [9.17, 15) is 10.1 Å². The number of thiazole rings is 1. The molecule has 3 aromatic heterocycles. The Bertz CT molecular complexity index is 1320. The minimum absolute atomic E-state index is 0.225. The normalized spacial score (nSPS) is 10.5. The fourth-order valence-corrected chi connectivity index (χ4v) is 4.89. The molecule has 1 N–H and O–H groups in total. The van der Waals surface area contributed by atoms with Gasteiger partial charge in [-0.1, -0.05) is 11.6 Å². The molecule has 4 aromatic rings. The SMILES string of the molecule is Cc1cc(Oc2ncccc2C#N)ccc1NC(=O)c1sc(-c2ccc(Cl)s2)nc1C. The summed E-state index contributed by atoms with van der Waals surface area (Å²) in [5.41, 5.74) is 2.49. The van der Waals surface area contributed by atoms with Gasteiger partial charge in [0, 0.05) is 11.9 Å². The highest BCUT2D eigenvalue weighted by Gasteiger charge is 2.18. The number of rotatable bonds is 5. The quantitative estimate of drug-likeness (QED) is 0.365. The van der Waals surface area contributed by atoms with E-state index in [-0.39, 0.29) is 11.8 Å². The summed E-state index contributed by atoms with van der Waals surface area (Å²) < 4.78 is 6.42. The number of benzene rings is 1. The molecule has 1 aromatic carbocycles. The van der Waals surface area contributed by atoms with Crippen molar-refractivity contribution in [3.05, 3.63) is 74.7 Å². The maximum Gasteiger partial charge on any atom is 0.267 e. The average Bonchev–Trinajstić information content (AvgIpc) is 3.36. The predicted octanol–water partition coefficient (Wildman–Crippen LogP) is 6.45. The third-order valence-corrected chi connectivity index (χ3v) is 6.90. The minimum atomic E-state index is -0.225. The van der Waals surface area contributed by atoms with E-state index in [0.29, 0.717) is 31.9 Å². The first-order chi connectivity index (χ1) is 14.9. The molecule has 0 saturated carbocycles. The largest absolute Gasteiger partial charge is 0.438 e. The second-order valence-corrected chi connectivity index (χ2v) is 9.25. The Hall–Kier alpha value is -3.25. The molecule has 0 bridgehead atoms. The fourth-order valence-electron chi connectivity index (χ4n) is 2.83. The zero-order chi connectivity index (χ0) is 22.0. The number of aryl methyl sites for hydroxylation is 2. The Labute approximate surface area is 191 Å². The number of thiophene rings is 1. The first kappa shape index (κ1) is 21.0. The molecule has 31 heavy (non-hydrogen) atoms. The first-order valence-electron chi connectivity index (χ1n) is 9.12. The number of ether oxygens (including phenoxy) is 1. The maximum atomic E-state index is 12.9. The summed E-state index contributed by atoms with van der Waals surface area (Å²) >= 11 is 8.77. The highest BCUT2D eigenvalue weighted by molar-refractivity contribution is 7.24. The van der Waals surface area contributed by atoms with E-state index in [1.54, 1.807) is 36.5 Å². The second-order valence-electron chi connectivity index (χ2n) is 6.54. The van der Waals surface area contributed by atoms with Gasteiger partial charge in [-0.2, -0.15) is 5.26 Å². The van der Waals surface area contributed by atoms with Crippen molar-refractivity contribution in [1.82, 2.24) is 9.97 Å². The molecule has 0 atom stereocenters. The molecule has 0 spiro atoms. The molecule has 0 unspecified atom stereocenters. The lowest BCUT2D eigenvalue weighted by molar-refractivity contribution is 0.102. The molecule has 9 heteroatoms. The van der Waals surface area contributed by atoms with Gasteiger partial charge in [0.2, 0.25) is 5.88 Å². The number of carbonyl (C=O) groups excluding carboxylic acids is 1. The molecular weight excluding hydrogens is 452 g/mol. The molecule has 1 amide bonds. The fraction of sp³-hybridized carbons (Fsp3) is 0.0909. The van der Waals surface area contributed by atoms with E-state index in [2.05, 4.69) is 21.4 Å². The number of pyridine rings is 1. The third-order valence-electron chi connectivity index (χ3n) is 4.34. The number of hydrogen-bond donors (Lipinski definition) is 1. The Morgan fingerprint density at radius 1 is 1.19 bits per heavy atom. The number of nitrogens with zero attached hydrogens (tertiary/aromatic N) is 3. The number of anilines is 1. The molecule has 0 aliphatic heterocycles. The van der Waals surface area contributed by atoms with Gasteiger partial charge in [-0.3, -0.25) is 4.79 Å². The molecule has 0 saturated heterocycles. The number of amides is 1. The third kappa shape index (κ3) is 4.59. The lowest BCUT2D eigenvalue weighted by Crippen LogP contribution is -2.12. The van der Waals surface area contributed by atoms with E-state index in [1.807, 2.05) is 26.0 Å². The summed E-state index contributed by atoms with van der Waals surface area (Å²) in [5.74, 6) is 0.538. The molecule has 154 valence electrons. The number of carbonyl (C=O) groups is 1. The molecular formula is C22H15ClN4O2S2. The van der Waals surface area contributed by atoms with Gasteiger partial charge in [0.1, 0.15) is 27.3 Å². The Balaban J connectivity index is 1.52. The molecule has 0 aliphatic carbocycles. The van der Waals surface area contributed by atoms with Crippen LogP contribution in [-0.2, 0) is 0 Å². The van der Waals surface area contributed by atoms with Crippen LogP contribution in [0, 0.1) is 25.2 Å². The van der Waals surface area contributed by atoms with Crippen LogP contribution in [0.5, 0.6) is 11.6 Å². The zero-order valence-corrected chi connectivity index (χ0v) is 18.9. The summed E-state index contributed by atoms with van der Waals surface area (Å²) in [6, 6.07) is 14.3. The van der Waals surface area contributed by atoms with Crippen molar-refractivity contribution in [1.29, 1.82) is 5.26 Å². The van der Waals surface area contributed by atoms with Gasteiger partial charge < -0.3 is 10.1 Å². The van der Waals surface area contributed by atoms with Crippen molar-refractivity contribution in [3.8, 4) is 27.6 Å². The average molecular weight is 467 g/mol. The molecule has 6 nitrogen and oxygen atoms in total. The lowest BCUT2D eigenvalue weighted by Gasteiger charge is -2.11. The van der Waals surface area contributed by atoms with Crippen LogP contribution in [0.25, 0.3) is 9.88 Å². The van der Waals surface area contributed by atoms with Crippen molar-refractivity contribution in [3.63, 3.8) is 0 Å². The van der Waals surface area contributed by atoms with E-state index in [1.165, 1.54) is 22.7 Å². The van der Waals surface area contributed by atoms with Crippen LogP contribution >= 0.6 is 34.3 Å². The highest BCUT2D eigenvalue weighted by atomic mass is 35.5. The van der Waals surface area contributed by atoms with Crippen molar-refractivity contribution in [2.75, 3.05) is 5.32 Å². The number of nitrogens with one attached hydrogen (secondary N) is 1. The summed E-state index contributed by atoms with van der Waals surface area (Å²) in [7, 11) is 0. The van der Waals surface area contributed by atoms with Crippen LogP contribution in [0.1, 0.15) is 26.5 Å². The Kier molecular flexibility index (Phi) is 6.00. The molecule has 0 fully saturated rings. The number of hydrogen-bond acceptors (Lipinski definition) is 7. The zero-order valence-electron chi connectivity index (χ0n) is 16.5. The van der Waals surface area contributed by atoms with Crippen molar-refractivity contribution < 1.29 is 9.53 Å². The lowest BCUT2D eigenvalue weighted by atomic mass is 10.2. The van der Waals surface area contributed by atoms with Crippen molar-refractivity contribution in [2.45, 2.75) is 13.8 Å². The predicted molar refractivity (Wildman–Crippen MR) is 123 cm³/mol. The van der Waals surface area contributed by atoms with Crippen LogP contribution in [0.15, 0.2) is 48.7 Å². The Morgan fingerprint density at radius 2 is 2.03 bits per heavy atom.